The van der Waals surface area contributed by atoms with Gasteiger partial charge in [-0.2, -0.15) is 0 Å². The largest absolute Gasteiger partial charge is 0.483 e. The fourth-order valence-electron chi connectivity index (χ4n) is 3.83. The molecule has 0 saturated carbocycles. The number of rotatable bonds is 3. The number of likely N-dealkylation sites (tertiary alicyclic amines) is 1. The molecule has 6 nitrogen and oxygen atoms in total. The average Bonchev–Trinajstić information content (AvgIpc) is 2.62. The predicted molar refractivity (Wildman–Crippen MR) is 97.3 cm³/mol. The van der Waals surface area contributed by atoms with Crippen molar-refractivity contribution >= 4 is 5.91 Å². The first-order chi connectivity index (χ1) is 12.3. The third-order valence-electron chi connectivity index (χ3n) is 5.83. The number of benzene rings is 1. The van der Waals surface area contributed by atoms with Gasteiger partial charge in [0.2, 0.25) is 0 Å². The van der Waals surface area contributed by atoms with E-state index in [-0.39, 0.29) is 19.1 Å². The second-order valence-corrected chi connectivity index (χ2v) is 7.66. The summed E-state index contributed by atoms with van der Waals surface area (Å²) < 4.78 is 11.6. The highest BCUT2D eigenvalue weighted by atomic mass is 16.5. The van der Waals surface area contributed by atoms with Gasteiger partial charge in [0.15, 0.2) is 6.61 Å². The summed E-state index contributed by atoms with van der Waals surface area (Å²) in [6.07, 6.45) is 0.209. The van der Waals surface area contributed by atoms with Crippen LogP contribution in [0.3, 0.4) is 0 Å². The van der Waals surface area contributed by atoms with E-state index in [4.69, 9.17) is 9.47 Å². The molecule has 0 aromatic heterocycles. The smallest absolute Gasteiger partial charge is 0.260 e. The number of hydrogen-bond donors (Lipinski definition) is 2. The fourth-order valence-corrected chi connectivity index (χ4v) is 3.83. The molecule has 3 rings (SSSR count). The van der Waals surface area contributed by atoms with E-state index in [0.29, 0.717) is 32.4 Å². The molecule has 2 fully saturated rings. The number of hydrogen-bond acceptors (Lipinski definition) is 5. The molecule has 0 aliphatic carbocycles. The summed E-state index contributed by atoms with van der Waals surface area (Å²) in [6.45, 7) is 7.37. The van der Waals surface area contributed by atoms with Gasteiger partial charge in [0.25, 0.3) is 5.91 Å². The van der Waals surface area contributed by atoms with Crippen LogP contribution in [0.4, 0.5) is 0 Å². The molecule has 144 valence electrons. The Morgan fingerprint density at radius 1 is 1.19 bits per heavy atom. The Labute approximate surface area is 154 Å². The first-order valence-electron chi connectivity index (χ1n) is 9.29. The summed E-state index contributed by atoms with van der Waals surface area (Å²) in [5, 5.41) is 19.5. The van der Waals surface area contributed by atoms with Crippen LogP contribution < -0.4 is 4.74 Å². The number of aryl methyl sites for hydroxylation is 2. The lowest BCUT2D eigenvalue weighted by Gasteiger charge is -2.46. The number of aliphatic hydroxyl groups excluding tert-OH is 2. The van der Waals surface area contributed by atoms with Gasteiger partial charge in [0.1, 0.15) is 11.9 Å². The summed E-state index contributed by atoms with van der Waals surface area (Å²) in [6, 6.07) is 4.06. The van der Waals surface area contributed by atoms with Crippen LogP contribution in [0, 0.1) is 20.8 Å². The number of carbonyl (C=O) groups excluding carboxylic acids is 1. The highest BCUT2D eigenvalue weighted by Gasteiger charge is 2.43. The minimum atomic E-state index is -0.811. The minimum absolute atomic E-state index is 0.0281. The second kappa shape index (κ2) is 7.55. The average molecular weight is 363 g/mol. The quantitative estimate of drug-likeness (QED) is 0.851. The van der Waals surface area contributed by atoms with Crippen molar-refractivity contribution in [3.63, 3.8) is 0 Å². The van der Waals surface area contributed by atoms with Crippen LogP contribution in [0.1, 0.15) is 36.0 Å². The van der Waals surface area contributed by atoms with Gasteiger partial charge in [-0.3, -0.25) is 4.79 Å². The highest BCUT2D eigenvalue weighted by molar-refractivity contribution is 5.78. The topological polar surface area (TPSA) is 79.2 Å². The van der Waals surface area contributed by atoms with Crippen molar-refractivity contribution in [2.45, 2.75) is 57.8 Å². The first kappa shape index (κ1) is 19.1. The Balaban J connectivity index is 1.54. The van der Waals surface area contributed by atoms with E-state index in [1.807, 2.05) is 26.8 Å². The third-order valence-corrected chi connectivity index (χ3v) is 5.83. The van der Waals surface area contributed by atoms with Crippen molar-refractivity contribution in [3.8, 4) is 5.75 Å². The van der Waals surface area contributed by atoms with E-state index in [9.17, 15) is 15.0 Å². The van der Waals surface area contributed by atoms with E-state index >= 15 is 0 Å². The first-order valence-corrected chi connectivity index (χ1v) is 9.29. The lowest BCUT2D eigenvalue weighted by molar-refractivity contribution is -0.189. The van der Waals surface area contributed by atoms with Crippen molar-refractivity contribution in [1.82, 2.24) is 4.90 Å². The van der Waals surface area contributed by atoms with Crippen molar-refractivity contribution < 1.29 is 24.5 Å². The second-order valence-electron chi connectivity index (χ2n) is 7.66. The Morgan fingerprint density at radius 2 is 1.85 bits per heavy atom. The molecule has 26 heavy (non-hydrogen) atoms. The Kier molecular flexibility index (Phi) is 5.55. The van der Waals surface area contributed by atoms with Crippen molar-refractivity contribution in [2.24, 2.45) is 0 Å². The molecule has 0 radical (unpaired) electrons. The number of aliphatic hydroxyl groups is 2. The molecule has 0 unspecified atom stereocenters. The molecule has 2 saturated heterocycles. The molecule has 0 bridgehead atoms. The zero-order valence-electron chi connectivity index (χ0n) is 15.8. The molecule has 2 aliphatic rings. The van der Waals surface area contributed by atoms with Crippen LogP contribution in [0.25, 0.3) is 0 Å². The molecule has 2 heterocycles. The zero-order valence-corrected chi connectivity index (χ0v) is 15.8. The number of ether oxygens (including phenoxy) is 2. The van der Waals surface area contributed by atoms with E-state index in [2.05, 4.69) is 6.07 Å². The highest BCUT2D eigenvalue weighted by Crippen LogP contribution is 2.35. The SMILES string of the molecule is Cc1ccc(C)c(OCC(=O)N2CCC3(CC2)C[C@@H](O)[C@@H](O)CO3)c1C. The monoisotopic (exact) mass is 363 g/mol. The maximum Gasteiger partial charge on any atom is 0.260 e. The molecule has 2 atom stereocenters. The van der Waals surface area contributed by atoms with Gasteiger partial charge in [-0.05, 0) is 50.3 Å². The van der Waals surface area contributed by atoms with Gasteiger partial charge in [-0.15, -0.1) is 0 Å². The summed E-state index contributed by atoms with van der Waals surface area (Å²) in [5.41, 5.74) is 2.83. The van der Waals surface area contributed by atoms with E-state index in [0.717, 1.165) is 22.4 Å². The number of amides is 1. The Morgan fingerprint density at radius 3 is 2.50 bits per heavy atom. The molecule has 1 spiro atoms. The molecule has 6 heteroatoms. The fraction of sp³-hybridized carbons (Fsp3) is 0.650. The van der Waals surface area contributed by atoms with Gasteiger partial charge in [-0.1, -0.05) is 12.1 Å². The predicted octanol–water partition coefficient (Wildman–Crippen LogP) is 1.49. The van der Waals surface area contributed by atoms with Crippen LogP contribution >= 0.6 is 0 Å². The number of carbonyl (C=O) groups is 1. The normalized spacial score (nSPS) is 25.3. The maximum atomic E-state index is 12.5. The van der Waals surface area contributed by atoms with Crippen molar-refractivity contribution in [1.29, 1.82) is 0 Å². The molecule has 1 amide bonds. The molecule has 2 N–H and O–H groups in total. The van der Waals surface area contributed by atoms with Gasteiger partial charge in [0.05, 0.1) is 18.3 Å². The summed E-state index contributed by atoms with van der Waals surface area (Å²) in [5.74, 6) is 0.760. The van der Waals surface area contributed by atoms with E-state index in [1.165, 1.54) is 0 Å². The number of nitrogens with zero attached hydrogens (tertiary/aromatic N) is 1. The molecular formula is C20H29NO5. The van der Waals surface area contributed by atoms with Crippen LogP contribution in [-0.2, 0) is 9.53 Å². The molecule has 2 aliphatic heterocycles. The van der Waals surface area contributed by atoms with Crippen molar-refractivity contribution in [2.75, 3.05) is 26.3 Å². The standard InChI is InChI=1S/C20H29NO5/c1-13-4-5-14(2)19(15(13)3)25-12-18(24)21-8-6-20(7-9-21)10-16(22)17(23)11-26-20/h4-5,16-17,22-23H,6-12H2,1-3H3/t16-,17+/m1/s1. The van der Waals surface area contributed by atoms with Gasteiger partial charge in [0, 0.05) is 19.5 Å². The lowest BCUT2D eigenvalue weighted by Crippen LogP contribution is -2.55. The van der Waals surface area contributed by atoms with Gasteiger partial charge in [-0.25, -0.2) is 0 Å². The van der Waals surface area contributed by atoms with Crippen molar-refractivity contribution in [3.05, 3.63) is 28.8 Å². The molecule has 1 aromatic carbocycles. The molecular weight excluding hydrogens is 334 g/mol. The summed E-state index contributed by atoms with van der Waals surface area (Å²) >= 11 is 0. The van der Waals surface area contributed by atoms with E-state index < -0.39 is 17.8 Å². The minimum Gasteiger partial charge on any atom is -0.483 e. The summed E-state index contributed by atoms with van der Waals surface area (Å²) in [7, 11) is 0. The van der Waals surface area contributed by atoms with Gasteiger partial charge >= 0.3 is 0 Å². The maximum absolute atomic E-state index is 12.5. The lowest BCUT2D eigenvalue weighted by atomic mass is 9.82. The van der Waals surface area contributed by atoms with Crippen LogP contribution in [0.15, 0.2) is 12.1 Å². The Hall–Kier alpha value is -1.63. The van der Waals surface area contributed by atoms with Crippen LogP contribution in [-0.4, -0.2) is 65.1 Å². The number of piperidine rings is 1. The Bertz CT molecular complexity index is 666. The van der Waals surface area contributed by atoms with Gasteiger partial charge < -0.3 is 24.6 Å². The molecule has 1 aromatic rings. The van der Waals surface area contributed by atoms with E-state index in [1.54, 1.807) is 4.90 Å². The van der Waals surface area contributed by atoms with Crippen LogP contribution in [0.5, 0.6) is 5.75 Å². The zero-order chi connectivity index (χ0) is 18.9. The summed E-state index contributed by atoms with van der Waals surface area (Å²) in [4.78, 5) is 14.3. The third kappa shape index (κ3) is 3.87. The van der Waals surface area contributed by atoms with Crippen LogP contribution in [0.2, 0.25) is 0 Å².